The molecule has 3 nitrogen and oxygen atoms in total. The maximum absolute atomic E-state index is 10.9. The third kappa shape index (κ3) is 2.50. The van der Waals surface area contributed by atoms with Crippen LogP contribution in [0.4, 0.5) is 0 Å². The summed E-state index contributed by atoms with van der Waals surface area (Å²) in [6, 6.07) is 13.6. The van der Waals surface area contributed by atoms with E-state index in [1.165, 1.54) is 0 Å². The van der Waals surface area contributed by atoms with E-state index < -0.39 is 0 Å². The quantitative estimate of drug-likeness (QED) is 0.786. The van der Waals surface area contributed by atoms with Gasteiger partial charge in [0.25, 0.3) is 0 Å². The minimum Gasteiger partial charge on any atom is -0.455 e. The first kappa shape index (κ1) is 12.2. The normalized spacial score (nSPS) is 9.56. The van der Waals surface area contributed by atoms with Crippen molar-refractivity contribution in [3.8, 4) is 17.6 Å². The molecule has 0 atom stereocenters. The molecule has 0 aliphatic carbocycles. The van der Waals surface area contributed by atoms with Gasteiger partial charge in [0.2, 0.25) is 0 Å². The molecular formula is C14H8ClNO2. The molecule has 0 bridgehead atoms. The Bertz CT molecular complexity index is 632. The predicted molar refractivity (Wildman–Crippen MR) is 68.1 cm³/mol. The molecule has 0 aliphatic rings. The van der Waals surface area contributed by atoms with Gasteiger partial charge in [-0.05, 0) is 30.3 Å². The van der Waals surface area contributed by atoms with Gasteiger partial charge in [0.05, 0.1) is 22.2 Å². The van der Waals surface area contributed by atoms with Crippen LogP contribution in [0.2, 0.25) is 5.02 Å². The molecule has 0 aromatic heterocycles. The van der Waals surface area contributed by atoms with Crippen LogP contribution in [0.5, 0.6) is 11.5 Å². The highest BCUT2D eigenvalue weighted by atomic mass is 35.5. The number of carbonyl (C=O) groups is 1. The molecule has 0 amide bonds. The van der Waals surface area contributed by atoms with E-state index in [-0.39, 0.29) is 0 Å². The number of ether oxygens (including phenoxy) is 1. The molecular weight excluding hydrogens is 250 g/mol. The second kappa shape index (κ2) is 5.35. The number of carbonyl (C=O) groups excluding carboxylic acids is 1. The SMILES string of the molecule is N#Cc1cccc(Oc2c(Cl)cccc2C=O)c1. The van der Waals surface area contributed by atoms with Crippen molar-refractivity contribution in [3.05, 3.63) is 58.6 Å². The van der Waals surface area contributed by atoms with Crippen molar-refractivity contribution < 1.29 is 9.53 Å². The Labute approximate surface area is 109 Å². The summed E-state index contributed by atoms with van der Waals surface area (Å²) in [7, 11) is 0. The highest BCUT2D eigenvalue weighted by Crippen LogP contribution is 2.32. The zero-order chi connectivity index (χ0) is 13.0. The van der Waals surface area contributed by atoms with E-state index >= 15 is 0 Å². The van der Waals surface area contributed by atoms with Crippen LogP contribution in [0.25, 0.3) is 0 Å². The van der Waals surface area contributed by atoms with Crippen LogP contribution in [-0.2, 0) is 0 Å². The molecule has 0 spiro atoms. The molecule has 88 valence electrons. The number of para-hydroxylation sites is 1. The van der Waals surface area contributed by atoms with Crippen molar-refractivity contribution >= 4 is 17.9 Å². The number of aldehydes is 1. The standard InChI is InChI=1S/C14H8ClNO2/c15-13-6-2-4-11(9-17)14(13)18-12-5-1-3-10(7-12)8-16/h1-7,9H. The fourth-order valence-electron chi connectivity index (χ4n) is 1.47. The van der Waals surface area contributed by atoms with Crippen LogP contribution in [0.3, 0.4) is 0 Å². The van der Waals surface area contributed by atoms with E-state index in [0.717, 1.165) is 0 Å². The van der Waals surface area contributed by atoms with Crippen molar-refractivity contribution in [2.45, 2.75) is 0 Å². The van der Waals surface area contributed by atoms with Gasteiger partial charge in [-0.2, -0.15) is 5.26 Å². The van der Waals surface area contributed by atoms with Gasteiger partial charge in [0.1, 0.15) is 5.75 Å². The average molecular weight is 258 g/mol. The number of hydrogen-bond acceptors (Lipinski definition) is 3. The molecule has 0 heterocycles. The zero-order valence-corrected chi connectivity index (χ0v) is 10.0. The summed E-state index contributed by atoms with van der Waals surface area (Å²) >= 11 is 5.98. The first-order chi connectivity index (χ1) is 8.74. The molecule has 0 fully saturated rings. The third-order valence-electron chi connectivity index (χ3n) is 2.31. The fraction of sp³-hybridized carbons (Fsp3) is 0. The summed E-state index contributed by atoms with van der Waals surface area (Å²) < 4.78 is 5.56. The van der Waals surface area contributed by atoms with Crippen molar-refractivity contribution in [3.63, 3.8) is 0 Å². The molecule has 2 aromatic carbocycles. The molecule has 0 N–H and O–H groups in total. The van der Waals surface area contributed by atoms with Crippen molar-refractivity contribution in [1.82, 2.24) is 0 Å². The second-order valence-electron chi connectivity index (χ2n) is 3.52. The van der Waals surface area contributed by atoms with Crippen molar-refractivity contribution in [1.29, 1.82) is 5.26 Å². The van der Waals surface area contributed by atoms with Gasteiger partial charge < -0.3 is 4.74 Å². The van der Waals surface area contributed by atoms with Crippen molar-refractivity contribution in [2.75, 3.05) is 0 Å². The second-order valence-corrected chi connectivity index (χ2v) is 3.92. The summed E-state index contributed by atoms with van der Waals surface area (Å²) in [5, 5.41) is 9.14. The minimum absolute atomic E-state index is 0.296. The van der Waals surface area contributed by atoms with E-state index in [2.05, 4.69) is 0 Å². The van der Waals surface area contributed by atoms with E-state index in [4.69, 9.17) is 21.6 Å². The van der Waals surface area contributed by atoms with Gasteiger partial charge in [-0.1, -0.05) is 23.7 Å². The van der Waals surface area contributed by atoms with Crippen LogP contribution in [0.1, 0.15) is 15.9 Å². The lowest BCUT2D eigenvalue weighted by atomic mass is 10.2. The van der Waals surface area contributed by atoms with E-state index in [1.807, 2.05) is 6.07 Å². The van der Waals surface area contributed by atoms with Crippen LogP contribution in [0, 0.1) is 11.3 Å². The molecule has 0 saturated heterocycles. The number of nitriles is 1. The van der Waals surface area contributed by atoms with Gasteiger partial charge in [-0.25, -0.2) is 0 Å². The Morgan fingerprint density at radius 2 is 2.00 bits per heavy atom. The van der Waals surface area contributed by atoms with Gasteiger partial charge in [0, 0.05) is 0 Å². The van der Waals surface area contributed by atoms with Gasteiger partial charge >= 0.3 is 0 Å². The predicted octanol–water partition coefficient (Wildman–Crippen LogP) is 3.82. The molecule has 0 unspecified atom stereocenters. The largest absolute Gasteiger partial charge is 0.455 e. The molecule has 2 rings (SSSR count). The van der Waals surface area contributed by atoms with Crippen LogP contribution >= 0.6 is 11.6 Å². The lowest BCUT2D eigenvalue weighted by Gasteiger charge is -2.09. The molecule has 0 radical (unpaired) electrons. The maximum atomic E-state index is 10.9. The first-order valence-corrected chi connectivity index (χ1v) is 5.54. The number of rotatable bonds is 3. The third-order valence-corrected chi connectivity index (χ3v) is 2.61. The molecule has 4 heteroatoms. The Morgan fingerprint density at radius 1 is 1.22 bits per heavy atom. The highest BCUT2D eigenvalue weighted by Gasteiger charge is 2.09. The summed E-state index contributed by atoms with van der Waals surface area (Å²) in [5.74, 6) is 0.759. The smallest absolute Gasteiger partial charge is 0.156 e. The number of hydrogen-bond donors (Lipinski definition) is 0. The molecule has 0 saturated carbocycles. The molecule has 18 heavy (non-hydrogen) atoms. The van der Waals surface area contributed by atoms with Crippen LogP contribution in [0.15, 0.2) is 42.5 Å². The topological polar surface area (TPSA) is 50.1 Å². The lowest BCUT2D eigenvalue weighted by molar-refractivity contribution is 0.112. The summed E-state index contributed by atoms with van der Waals surface area (Å²) in [6.07, 6.45) is 0.676. The van der Waals surface area contributed by atoms with Gasteiger partial charge in [-0.3, -0.25) is 4.79 Å². The Balaban J connectivity index is 2.40. The summed E-state index contributed by atoms with van der Waals surface area (Å²) in [5.41, 5.74) is 0.845. The summed E-state index contributed by atoms with van der Waals surface area (Å²) in [4.78, 5) is 10.9. The fourth-order valence-corrected chi connectivity index (χ4v) is 1.69. The van der Waals surface area contributed by atoms with Crippen LogP contribution in [-0.4, -0.2) is 6.29 Å². The monoisotopic (exact) mass is 257 g/mol. The number of nitrogens with zero attached hydrogens (tertiary/aromatic N) is 1. The Kier molecular flexibility index (Phi) is 3.61. The highest BCUT2D eigenvalue weighted by molar-refractivity contribution is 6.32. The average Bonchev–Trinajstić information content (AvgIpc) is 2.41. The van der Waals surface area contributed by atoms with Gasteiger partial charge in [-0.15, -0.1) is 0 Å². The lowest BCUT2D eigenvalue weighted by Crippen LogP contribution is -1.91. The molecule has 0 aliphatic heterocycles. The Hall–Kier alpha value is -2.31. The number of benzene rings is 2. The minimum atomic E-state index is 0.296. The Morgan fingerprint density at radius 3 is 2.72 bits per heavy atom. The maximum Gasteiger partial charge on any atom is 0.156 e. The van der Waals surface area contributed by atoms with Crippen LogP contribution < -0.4 is 4.74 Å². The van der Waals surface area contributed by atoms with E-state index in [1.54, 1.807) is 42.5 Å². The zero-order valence-electron chi connectivity index (χ0n) is 9.26. The first-order valence-electron chi connectivity index (χ1n) is 5.16. The number of halogens is 1. The van der Waals surface area contributed by atoms with E-state index in [0.29, 0.717) is 33.9 Å². The van der Waals surface area contributed by atoms with E-state index in [9.17, 15) is 4.79 Å². The summed E-state index contributed by atoms with van der Waals surface area (Å²) in [6.45, 7) is 0. The van der Waals surface area contributed by atoms with Crippen molar-refractivity contribution in [2.24, 2.45) is 0 Å². The van der Waals surface area contributed by atoms with Gasteiger partial charge in [0.15, 0.2) is 12.0 Å². The molecule has 2 aromatic rings.